The van der Waals surface area contributed by atoms with E-state index in [1.807, 2.05) is 31.2 Å². The molecule has 0 bridgehead atoms. The number of carbonyl (C=O) groups excluding carboxylic acids is 1. The van der Waals surface area contributed by atoms with E-state index in [2.05, 4.69) is 10.5 Å². The summed E-state index contributed by atoms with van der Waals surface area (Å²) in [5.41, 5.74) is 3.83. The molecule has 5 heteroatoms. The zero-order valence-corrected chi connectivity index (χ0v) is 11.3. The van der Waals surface area contributed by atoms with Crippen LogP contribution >= 0.6 is 22.9 Å². The number of nitrogens with zero attached hydrogens (tertiary/aromatic N) is 1. The highest BCUT2D eigenvalue weighted by Crippen LogP contribution is 2.21. The van der Waals surface area contributed by atoms with Gasteiger partial charge >= 0.3 is 0 Å². The van der Waals surface area contributed by atoms with Crippen molar-refractivity contribution in [1.82, 2.24) is 5.43 Å². The number of halogens is 1. The van der Waals surface area contributed by atoms with Crippen LogP contribution in [0.2, 0.25) is 4.34 Å². The molecule has 1 heterocycles. The molecule has 3 nitrogen and oxygen atoms in total. The molecule has 0 atom stereocenters. The van der Waals surface area contributed by atoms with Gasteiger partial charge in [0.2, 0.25) is 0 Å². The SMILES string of the molecule is CC(=NNC(=O)c1ccccc1)c1ccc(Cl)s1. The van der Waals surface area contributed by atoms with E-state index in [1.165, 1.54) is 11.3 Å². The van der Waals surface area contributed by atoms with Crippen LogP contribution in [0.4, 0.5) is 0 Å². The van der Waals surface area contributed by atoms with E-state index in [-0.39, 0.29) is 5.91 Å². The predicted molar refractivity (Wildman–Crippen MR) is 75.4 cm³/mol. The van der Waals surface area contributed by atoms with Crippen molar-refractivity contribution in [2.24, 2.45) is 5.10 Å². The molecule has 1 aromatic carbocycles. The highest BCUT2D eigenvalue weighted by molar-refractivity contribution is 7.18. The Kier molecular flexibility index (Phi) is 4.12. The number of thiophene rings is 1. The molecule has 1 aromatic heterocycles. The number of nitrogens with one attached hydrogen (secondary N) is 1. The third-order valence-electron chi connectivity index (χ3n) is 2.29. The molecule has 0 spiro atoms. The Bertz CT molecular complexity index is 578. The summed E-state index contributed by atoms with van der Waals surface area (Å²) in [5.74, 6) is -0.224. The van der Waals surface area contributed by atoms with Crippen molar-refractivity contribution in [3.05, 3.63) is 57.2 Å². The maximum Gasteiger partial charge on any atom is 0.271 e. The van der Waals surface area contributed by atoms with Crippen LogP contribution < -0.4 is 5.43 Å². The zero-order chi connectivity index (χ0) is 13.0. The van der Waals surface area contributed by atoms with Gasteiger partial charge in [0, 0.05) is 5.56 Å². The van der Waals surface area contributed by atoms with Gasteiger partial charge in [-0.05, 0) is 31.2 Å². The lowest BCUT2D eigenvalue weighted by molar-refractivity contribution is 0.0955. The van der Waals surface area contributed by atoms with E-state index >= 15 is 0 Å². The molecule has 0 saturated heterocycles. The number of carbonyl (C=O) groups is 1. The number of amides is 1. The van der Waals surface area contributed by atoms with Gasteiger partial charge in [0.05, 0.1) is 14.9 Å². The van der Waals surface area contributed by atoms with Gasteiger partial charge in [-0.15, -0.1) is 11.3 Å². The number of hydrazone groups is 1. The molecule has 0 fully saturated rings. The number of hydrogen-bond acceptors (Lipinski definition) is 3. The van der Waals surface area contributed by atoms with Gasteiger partial charge in [-0.25, -0.2) is 5.43 Å². The number of hydrogen-bond donors (Lipinski definition) is 1. The molecular formula is C13H11ClN2OS. The van der Waals surface area contributed by atoms with Crippen molar-refractivity contribution in [2.75, 3.05) is 0 Å². The molecule has 1 amide bonds. The van der Waals surface area contributed by atoms with E-state index in [9.17, 15) is 4.79 Å². The van der Waals surface area contributed by atoms with Crippen LogP contribution in [0.5, 0.6) is 0 Å². The Balaban J connectivity index is 2.05. The first-order valence-electron chi connectivity index (χ1n) is 5.32. The minimum atomic E-state index is -0.224. The Morgan fingerprint density at radius 2 is 1.94 bits per heavy atom. The fourth-order valence-corrected chi connectivity index (χ4v) is 2.34. The summed E-state index contributed by atoms with van der Waals surface area (Å²) in [6.45, 7) is 1.83. The largest absolute Gasteiger partial charge is 0.271 e. The second kappa shape index (κ2) is 5.80. The molecule has 0 saturated carbocycles. The molecule has 0 aliphatic carbocycles. The van der Waals surface area contributed by atoms with Crippen molar-refractivity contribution >= 4 is 34.6 Å². The molecule has 18 heavy (non-hydrogen) atoms. The maximum absolute atomic E-state index is 11.7. The first-order chi connectivity index (χ1) is 8.66. The van der Waals surface area contributed by atoms with E-state index in [1.54, 1.807) is 18.2 Å². The summed E-state index contributed by atoms with van der Waals surface area (Å²) in [4.78, 5) is 12.7. The smallest absolute Gasteiger partial charge is 0.267 e. The third kappa shape index (κ3) is 3.18. The first kappa shape index (κ1) is 12.8. The molecule has 0 unspecified atom stereocenters. The van der Waals surface area contributed by atoms with Gasteiger partial charge in [0.15, 0.2) is 0 Å². The molecule has 2 aromatic rings. The lowest BCUT2D eigenvalue weighted by Gasteiger charge is -2.00. The van der Waals surface area contributed by atoms with E-state index in [0.29, 0.717) is 9.90 Å². The van der Waals surface area contributed by atoms with Crippen LogP contribution in [0.1, 0.15) is 22.2 Å². The Morgan fingerprint density at radius 3 is 2.56 bits per heavy atom. The topological polar surface area (TPSA) is 41.5 Å². The summed E-state index contributed by atoms with van der Waals surface area (Å²) in [5, 5.41) is 4.05. The van der Waals surface area contributed by atoms with Crippen LogP contribution in [0, 0.1) is 0 Å². The number of rotatable bonds is 3. The first-order valence-corrected chi connectivity index (χ1v) is 6.51. The minimum Gasteiger partial charge on any atom is -0.267 e. The van der Waals surface area contributed by atoms with Gasteiger partial charge in [-0.1, -0.05) is 29.8 Å². The van der Waals surface area contributed by atoms with Crippen molar-refractivity contribution in [1.29, 1.82) is 0 Å². The van der Waals surface area contributed by atoms with Gasteiger partial charge in [0.25, 0.3) is 5.91 Å². The normalized spacial score (nSPS) is 11.3. The lowest BCUT2D eigenvalue weighted by atomic mass is 10.2. The molecule has 0 aliphatic rings. The Morgan fingerprint density at radius 1 is 1.22 bits per heavy atom. The Hall–Kier alpha value is -1.65. The summed E-state index contributed by atoms with van der Waals surface area (Å²) < 4.78 is 0.703. The predicted octanol–water partition coefficient (Wildman–Crippen LogP) is 3.56. The van der Waals surface area contributed by atoms with Gasteiger partial charge in [-0.3, -0.25) is 4.79 Å². The van der Waals surface area contributed by atoms with Crippen LogP contribution in [0.3, 0.4) is 0 Å². The van der Waals surface area contributed by atoms with E-state index in [0.717, 1.165) is 10.6 Å². The summed E-state index contributed by atoms with van der Waals surface area (Å²) in [6.07, 6.45) is 0. The van der Waals surface area contributed by atoms with Crippen molar-refractivity contribution in [2.45, 2.75) is 6.92 Å². The average molecular weight is 279 g/mol. The van der Waals surface area contributed by atoms with Gasteiger partial charge in [-0.2, -0.15) is 5.10 Å². The molecule has 0 aliphatic heterocycles. The fourth-order valence-electron chi connectivity index (χ4n) is 1.35. The monoisotopic (exact) mass is 278 g/mol. The Labute approximate surface area is 114 Å². The van der Waals surface area contributed by atoms with Gasteiger partial charge in [0.1, 0.15) is 0 Å². The molecule has 0 radical (unpaired) electrons. The van der Waals surface area contributed by atoms with Crippen LogP contribution in [-0.4, -0.2) is 11.6 Å². The minimum absolute atomic E-state index is 0.224. The highest BCUT2D eigenvalue weighted by Gasteiger charge is 2.05. The van der Waals surface area contributed by atoms with Crippen molar-refractivity contribution in [3.8, 4) is 0 Å². The van der Waals surface area contributed by atoms with E-state index in [4.69, 9.17) is 11.6 Å². The summed E-state index contributed by atoms with van der Waals surface area (Å²) in [7, 11) is 0. The second-order valence-electron chi connectivity index (χ2n) is 3.61. The van der Waals surface area contributed by atoms with Crippen LogP contribution in [0.25, 0.3) is 0 Å². The van der Waals surface area contributed by atoms with Crippen molar-refractivity contribution < 1.29 is 4.79 Å². The van der Waals surface area contributed by atoms with Gasteiger partial charge < -0.3 is 0 Å². The molecule has 2 rings (SSSR count). The molecule has 92 valence electrons. The van der Waals surface area contributed by atoms with Crippen LogP contribution in [-0.2, 0) is 0 Å². The number of benzene rings is 1. The molecular weight excluding hydrogens is 268 g/mol. The summed E-state index contributed by atoms with van der Waals surface area (Å²) >= 11 is 7.27. The van der Waals surface area contributed by atoms with Crippen LogP contribution in [0.15, 0.2) is 47.6 Å². The maximum atomic E-state index is 11.7. The second-order valence-corrected chi connectivity index (χ2v) is 5.32. The van der Waals surface area contributed by atoms with E-state index < -0.39 is 0 Å². The molecule has 1 N–H and O–H groups in total. The van der Waals surface area contributed by atoms with Crippen molar-refractivity contribution in [3.63, 3.8) is 0 Å². The standard InChI is InChI=1S/C13H11ClN2OS/c1-9(11-7-8-12(14)18-11)15-16-13(17)10-5-3-2-4-6-10/h2-8H,1H3,(H,16,17). The zero-order valence-electron chi connectivity index (χ0n) is 9.68. The third-order valence-corrected chi connectivity index (χ3v) is 3.63. The lowest BCUT2D eigenvalue weighted by Crippen LogP contribution is -2.18. The summed E-state index contributed by atoms with van der Waals surface area (Å²) in [6, 6.07) is 12.6. The average Bonchev–Trinajstić information content (AvgIpc) is 2.83. The quantitative estimate of drug-likeness (QED) is 0.677. The fraction of sp³-hybridized carbons (Fsp3) is 0.0769. The highest BCUT2D eigenvalue weighted by atomic mass is 35.5.